The number of hydrogen-bond acceptors (Lipinski definition) is 11. The first kappa shape index (κ1) is 55.6. The van der Waals surface area contributed by atoms with Gasteiger partial charge in [0.05, 0.1) is 56.8 Å². The molecule has 0 fully saturated rings. The van der Waals surface area contributed by atoms with Crippen LogP contribution in [0, 0.1) is 0 Å². The van der Waals surface area contributed by atoms with E-state index in [0.717, 1.165) is 64.4 Å². The summed E-state index contributed by atoms with van der Waals surface area (Å²) in [6.07, 6.45) is 14.2. The van der Waals surface area contributed by atoms with E-state index in [1.54, 1.807) is 67.5 Å². The first-order valence-electron chi connectivity index (χ1n) is 26.6. The van der Waals surface area contributed by atoms with Gasteiger partial charge in [0, 0.05) is 69.1 Å². The number of hydrogen-bond donors (Lipinski definition) is 5. The number of H-pyrrole nitrogens is 2. The number of nitrogens with zero attached hydrogens (tertiary/aromatic N) is 6. The number of carboxylic acid groups (broad SMARTS) is 1. The Bertz CT molecular complexity index is 3880. The zero-order valence-corrected chi connectivity index (χ0v) is 44.6. The number of methoxy groups -OCH3 is 1. The summed E-state index contributed by atoms with van der Waals surface area (Å²) in [5.41, 5.74) is 9.63. The van der Waals surface area contributed by atoms with Crippen molar-refractivity contribution in [3.05, 3.63) is 236 Å². The number of aromatic amines is 2. The summed E-state index contributed by atoms with van der Waals surface area (Å²) in [5.74, 6) is -1.95. The number of benzene rings is 4. The minimum absolute atomic E-state index is 0.0973. The van der Waals surface area contributed by atoms with E-state index in [0.29, 0.717) is 52.3 Å². The van der Waals surface area contributed by atoms with E-state index in [1.807, 2.05) is 91.0 Å². The highest BCUT2D eigenvalue weighted by atomic mass is 16.5. The van der Waals surface area contributed by atoms with Gasteiger partial charge in [-0.3, -0.25) is 57.8 Å². The molecule has 0 radical (unpaired) electrons. The van der Waals surface area contributed by atoms with E-state index >= 15 is 0 Å². The van der Waals surface area contributed by atoms with Gasteiger partial charge in [-0.05, 0) is 97.2 Å². The van der Waals surface area contributed by atoms with Gasteiger partial charge in [0.1, 0.15) is 24.5 Å². The fraction of sp³-hybridized carbons (Fsp3) is 0.206. The summed E-state index contributed by atoms with van der Waals surface area (Å²) in [6.45, 7) is 0.167. The van der Waals surface area contributed by atoms with Gasteiger partial charge in [-0.2, -0.15) is 0 Å². The summed E-state index contributed by atoms with van der Waals surface area (Å²) in [5, 5.41) is 16.9. The number of pyridine rings is 2. The highest BCUT2D eigenvalue weighted by Gasteiger charge is 2.19. The lowest BCUT2D eigenvalue weighted by molar-refractivity contribution is -0.140. The Morgan fingerprint density at radius 3 is 1.41 bits per heavy atom. The predicted octanol–water partition coefficient (Wildman–Crippen LogP) is 7.90. The standard InChI is InChI=1S/C32H31N5O4.C31H29N5O4/c1-41-31(39)16-23-10-5-11-24(15-23)29-20-34-28(12-6-9-22-7-3-2-4-8-22)32(40)37(29)21-30(38)35-19-26-17-25-18-33-14-13-27(25)36-26;37-29(34-18-25-16-24-17-32-13-12-26(24)35-25)20-36-28(23-10-4-9-22(14-23)15-30(38)39)19-33-27(31(36)40)11-5-8-21-6-2-1-3-7-21/h2-5,7-8,10-11,13-15,17-18,20,36H,6,9,12,16,19,21H2,1H3,(H,35,38);1-4,6-7,9-10,12-14,16-17,19,35H,5,8,11,15,18,20H2,(H,34,37)(H,38,39). The van der Waals surface area contributed by atoms with Gasteiger partial charge in [0.15, 0.2) is 0 Å². The maximum absolute atomic E-state index is 13.7. The third-order valence-electron chi connectivity index (χ3n) is 13.6. The van der Waals surface area contributed by atoms with Crippen LogP contribution in [0.2, 0.25) is 0 Å². The Balaban J connectivity index is 0.000000196. The molecule has 0 aliphatic rings. The number of carbonyl (C=O) groups is 4. The maximum Gasteiger partial charge on any atom is 0.309 e. The molecule has 4 aromatic carbocycles. The van der Waals surface area contributed by atoms with Gasteiger partial charge < -0.3 is 30.4 Å². The van der Waals surface area contributed by atoms with Crippen LogP contribution in [0.3, 0.4) is 0 Å². The van der Waals surface area contributed by atoms with Crippen molar-refractivity contribution in [3.8, 4) is 22.5 Å². The molecule has 2 amide bonds. The molecule has 18 heteroatoms. The van der Waals surface area contributed by atoms with E-state index in [2.05, 4.69) is 52.7 Å². The van der Waals surface area contributed by atoms with E-state index in [4.69, 9.17) is 4.74 Å². The second-order valence-electron chi connectivity index (χ2n) is 19.4. The average Bonchev–Trinajstić information content (AvgIpc) is 4.12. The quantitative estimate of drug-likeness (QED) is 0.0407. The van der Waals surface area contributed by atoms with Crippen molar-refractivity contribution >= 4 is 45.6 Å². The van der Waals surface area contributed by atoms with E-state index in [1.165, 1.54) is 27.4 Å². The van der Waals surface area contributed by atoms with Crippen LogP contribution in [0.25, 0.3) is 44.3 Å². The molecule has 410 valence electrons. The molecule has 0 saturated carbocycles. The zero-order chi connectivity index (χ0) is 56.5. The third kappa shape index (κ3) is 15.1. The summed E-state index contributed by atoms with van der Waals surface area (Å²) < 4.78 is 7.69. The summed E-state index contributed by atoms with van der Waals surface area (Å²) >= 11 is 0. The number of amides is 2. The topological polar surface area (TPSA) is 249 Å². The van der Waals surface area contributed by atoms with Crippen molar-refractivity contribution in [1.82, 2.24) is 49.7 Å². The van der Waals surface area contributed by atoms with Crippen LogP contribution in [0.1, 0.15) is 57.9 Å². The molecule has 0 saturated heterocycles. The predicted molar refractivity (Wildman–Crippen MR) is 308 cm³/mol. The molecule has 81 heavy (non-hydrogen) atoms. The van der Waals surface area contributed by atoms with Gasteiger partial charge in [-0.1, -0.05) is 97.1 Å². The lowest BCUT2D eigenvalue weighted by atomic mass is 10.0. The Morgan fingerprint density at radius 2 is 0.975 bits per heavy atom. The number of carbonyl (C=O) groups excluding carboxylic acids is 3. The van der Waals surface area contributed by atoms with Gasteiger partial charge >= 0.3 is 11.9 Å². The summed E-state index contributed by atoms with van der Waals surface area (Å²) in [7, 11) is 1.34. The Hall–Kier alpha value is -10.1. The van der Waals surface area contributed by atoms with E-state index in [-0.39, 0.29) is 67.9 Å². The minimum Gasteiger partial charge on any atom is -0.481 e. The van der Waals surface area contributed by atoms with Crippen molar-refractivity contribution in [2.24, 2.45) is 0 Å². The lowest BCUT2D eigenvalue weighted by Crippen LogP contribution is -2.34. The van der Waals surface area contributed by atoms with Gasteiger partial charge in [-0.15, -0.1) is 0 Å². The molecule has 18 nitrogen and oxygen atoms in total. The molecule has 0 spiro atoms. The minimum atomic E-state index is -0.950. The first-order valence-corrected chi connectivity index (χ1v) is 26.6. The van der Waals surface area contributed by atoms with Crippen molar-refractivity contribution in [2.45, 2.75) is 77.5 Å². The van der Waals surface area contributed by atoms with E-state index in [9.17, 15) is 33.9 Å². The number of carboxylic acids is 1. The molecule has 0 aliphatic carbocycles. The molecule has 0 aliphatic heterocycles. The van der Waals surface area contributed by atoms with Crippen LogP contribution in [-0.2, 0) is 88.6 Å². The fourth-order valence-electron chi connectivity index (χ4n) is 9.52. The van der Waals surface area contributed by atoms with Crippen LogP contribution < -0.4 is 21.8 Å². The lowest BCUT2D eigenvalue weighted by Gasteiger charge is -2.15. The Morgan fingerprint density at radius 1 is 0.531 bits per heavy atom. The second kappa shape index (κ2) is 27.0. The molecule has 6 aromatic heterocycles. The Labute approximate surface area is 466 Å². The van der Waals surface area contributed by atoms with Crippen LogP contribution in [0.4, 0.5) is 0 Å². The molecule has 10 rings (SSSR count). The van der Waals surface area contributed by atoms with Crippen LogP contribution in [-0.4, -0.2) is 75.0 Å². The smallest absolute Gasteiger partial charge is 0.309 e. The van der Waals surface area contributed by atoms with E-state index < -0.39 is 5.97 Å². The zero-order valence-electron chi connectivity index (χ0n) is 44.6. The van der Waals surface area contributed by atoms with Crippen molar-refractivity contribution in [2.75, 3.05) is 7.11 Å². The molecular formula is C63H60N10O8. The number of nitrogens with one attached hydrogen (secondary N) is 4. The van der Waals surface area contributed by atoms with Crippen LogP contribution >= 0.6 is 0 Å². The monoisotopic (exact) mass is 1080 g/mol. The number of ether oxygens (including phenoxy) is 1. The molecular weight excluding hydrogens is 1020 g/mol. The molecule has 0 bridgehead atoms. The number of aliphatic carboxylic acids is 1. The highest BCUT2D eigenvalue weighted by molar-refractivity contribution is 5.82. The molecule has 0 unspecified atom stereocenters. The summed E-state index contributed by atoms with van der Waals surface area (Å²) in [4.78, 5) is 100. The maximum atomic E-state index is 13.7. The molecule has 5 N–H and O–H groups in total. The highest BCUT2D eigenvalue weighted by Crippen LogP contribution is 2.23. The third-order valence-corrected chi connectivity index (χ3v) is 13.6. The first-order chi connectivity index (χ1) is 39.5. The van der Waals surface area contributed by atoms with Gasteiger partial charge in [0.25, 0.3) is 11.1 Å². The summed E-state index contributed by atoms with van der Waals surface area (Å²) in [6, 6.07) is 41.9. The molecule has 10 aromatic rings. The number of aromatic nitrogens is 8. The molecule has 0 atom stereocenters. The SMILES string of the molecule is COC(=O)Cc1cccc(-c2cnc(CCCc3ccccc3)c(=O)n2CC(=O)NCc2cc3cnccc3[nH]2)c1.O=C(O)Cc1cccc(-c2cnc(CCCc3ccccc3)c(=O)n2CC(=O)NCc2cc3cnccc3[nH]2)c1. The van der Waals surface area contributed by atoms with Crippen molar-refractivity contribution < 1.29 is 29.0 Å². The number of esters is 1. The average molecular weight is 1090 g/mol. The molecule has 6 heterocycles. The number of fused-ring (bicyclic) bond motifs is 2. The van der Waals surface area contributed by atoms with Crippen LogP contribution in [0.15, 0.2) is 180 Å². The van der Waals surface area contributed by atoms with Crippen molar-refractivity contribution in [1.29, 1.82) is 0 Å². The normalized spacial score (nSPS) is 11.0. The van der Waals surface area contributed by atoms with Gasteiger partial charge in [-0.25, -0.2) is 0 Å². The van der Waals surface area contributed by atoms with Gasteiger partial charge in [0.2, 0.25) is 11.8 Å². The number of rotatable bonds is 22. The Kier molecular flexibility index (Phi) is 18.5. The van der Waals surface area contributed by atoms with Crippen LogP contribution in [0.5, 0.6) is 0 Å². The fourth-order valence-corrected chi connectivity index (χ4v) is 9.52. The van der Waals surface area contributed by atoms with Crippen molar-refractivity contribution in [3.63, 3.8) is 0 Å². The second-order valence-corrected chi connectivity index (χ2v) is 19.4. The largest absolute Gasteiger partial charge is 0.481 e. The number of aryl methyl sites for hydroxylation is 4.